The second-order valence-electron chi connectivity index (χ2n) is 7.68. The van der Waals surface area contributed by atoms with E-state index in [1.54, 1.807) is 24.3 Å². The lowest BCUT2D eigenvalue weighted by molar-refractivity contribution is -0.171. The first-order chi connectivity index (χ1) is 14.0. The molecular formula is C21H27ClN2O6. The maximum atomic E-state index is 12.9. The molecule has 3 atom stereocenters. The van der Waals surface area contributed by atoms with Gasteiger partial charge in [-0.1, -0.05) is 36.2 Å². The van der Waals surface area contributed by atoms with Crippen molar-refractivity contribution in [3.8, 4) is 0 Å². The molecule has 8 nitrogen and oxygen atoms in total. The van der Waals surface area contributed by atoms with Gasteiger partial charge < -0.3 is 20.5 Å². The molecule has 0 aliphatic heterocycles. The van der Waals surface area contributed by atoms with Crippen LogP contribution in [0.25, 0.3) is 0 Å². The number of hydrogen-bond acceptors (Lipinski definition) is 7. The third-order valence-electron chi connectivity index (χ3n) is 5.42. The Balaban J connectivity index is 2.05. The summed E-state index contributed by atoms with van der Waals surface area (Å²) in [5.41, 5.74) is 3.50. The van der Waals surface area contributed by atoms with Gasteiger partial charge in [0, 0.05) is 24.9 Å². The second kappa shape index (κ2) is 9.57. The molecule has 1 saturated carbocycles. The summed E-state index contributed by atoms with van der Waals surface area (Å²) in [4.78, 5) is 48.5. The summed E-state index contributed by atoms with van der Waals surface area (Å²) in [6.07, 6.45) is 0.401. The molecule has 0 saturated heterocycles. The second-order valence-corrected chi connectivity index (χ2v) is 8.09. The molecule has 3 N–H and O–H groups in total. The van der Waals surface area contributed by atoms with Crippen LogP contribution in [0.2, 0.25) is 5.02 Å². The summed E-state index contributed by atoms with van der Waals surface area (Å²) >= 11 is 6.34. The molecule has 2 unspecified atom stereocenters. The van der Waals surface area contributed by atoms with Crippen LogP contribution in [-0.4, -0.2) is 42.0 Å². The molecule has 2 rings (SSSR count). The number of carbonyl (C=O) groups excluding carboxylic acids is 4. The lowest BCUT2D eigenvalue weighted by atomic mass is 9.68. The van der Waals surface area contributed by atoms with Gasteiger partial charge in [0.1, 0.15) is 5.78 Å². The minimum Gasteiger partial charge on any atom is -0.424 e. The van der Waals surface area contributed by atoms with Gasteiger partial charge in [0.25, 0.3) is 0 Å². The minimum absolute atomic E-state index is 0.00184. The normalized spacial score (nSPS) is 21.8. The number of ether oxygens (including phenoxy) is 2. The average Bonchev–Trinajstić information content (AvgIpc) is 2.67. The number of carbonyl (C=O) groups is 4. The lowest BCUT2D eigenvalue weighted by Crippen LogP contribution is -2.53. The van der Waals surface area contributed by atoms with Crippen molar-refractivity contribution in [1.29, 1.82) is 0 Å². The first kappa shape index (κ1) is 23.8. The van der Waals surface area contributed by atoms with E-state index in [0.29, 0.717) is 23.4 Å². The van der Waals surface area contributed by atoms with E-state index in [-0.39, 0.29) is 12.3 Å². The van der Waals surface area contributed by atoms with Gasteiger partial charge in [0.05, 0.1) is 5.41 Å². The first-order valence-corrected chi connectivity index (χ1v) is 10.1. The van der Waals surface area contributed by atoms with E-state index in [1.165, 1.54) is 13.8 Å². The van der Waals surface area contributed by atoms with E-state index in [4.69, 9.17) is 26.8 Å². The highest BCUT2D eigenvalue weighted by molar-refractivity contribution is 6.31. The molecule has 1 aliphatic carbocycles. The van der Waals surface area contributed by atoms with E-state index in [2.05, 4.69) is 5.32 Å². The van der Waals surface area contributed by atoms with Gasteiger partial charge in [-0.25, -0.2) is 9.59 Å². The van der Waals surface area contributed by atoms with E-state index in [1.807, 2.05) is 0 Å². The zero-order valence-corrected chi connectivity index (χ0v) is 18.1. The maximum absolute atomic E-state index is 12.9. The Morgan fingerprint density at radius 1 is 1.27 bits per heavy atom. The van der Waals surface area contributed by atoms with Crippen molar-refractivity contribution in [2.24, 2.45) is 5.73 Å². The zero-order valence-electron chi connectivity index (χ0n) is 17.3. The van der Waals surface area contributed by atoms with Crippen molar-refractivity contribution in [3.63, 3.8) is 0 Å². The highest BCUT2D eigenvalue weighted by Gasteiger charge is 2.43. The van der Waals surface area contributed by atoms with Crippen LogP contribution in [0.5, 0.6) is 0 Å². The van der Waals surface area contributed by atoms with Crippen LogP contribution >= 0.6 is 11.6 Å². The number of amides is 1. The van der Waals surface area contributed by atoms with Crippen LogP contribution < -0.4 is 11.1 Å². The number of nitrogens with one attached hydrogen (secondary N) is 1. The smallest absolute Gasteiger partial charge is 0.410 e. The van der Waals surface area contributed by atoms with Crippen molar-refractivity contribution < 1.29 is 28.7 Å². The molecule has 0 radical (unpaired) electrons. The highest BCUT2D eigenvalue weighted by Crippen LogP contribution is 2.39. The Labute approximate surface area is 180 Å². The Morgan fingerprint density at radius 2 is 1.93 bits per heavy atom. The van der Waals surface area contributed by atoms with Crippen molar-refractivity contribution in [2.45, 2.75) is 63.7 Å². The first-order valence-electron chi connectivity index (χ1n) is 9.74. The summed E-state index contributed by atoms with van der Waals surface area (Å²) in [7, 11) is 0. The Morgan fingerprint density at radius 3 is 2.53 bits per heavy atom. The fraction of sp³-hybridized carbons (Fsp3) is 0.524. The zero-order chi connectivity index (χ0) is 22.5. The van der Waals surface area contributed by atoms with Crippen LogP contribution in [0.3, 0.4) is 0 Å². The molecule has 30 heavy (non-hydrogen) atoms. The third-order valence-corrected chi connectivity index (χ3v) is 5.75. The van der Waals surface area contributed by atoms with Gasteiger partial charge in [0.2, 0.25) is 6.29 Å². The molecule has 164 valence electrons. The van der Waals surface area contributed by atoms with E-state index >= 15 is 0 Å². The standard InChI is InChI=1S/C21H27ClN2O6/c1-13(25)20(3,23)18(27)29-14(2)30-19(28)24-12-21(11-7-6-10-17(21)26)15-8-4-5-9-16(15)22/h4-5,8-9,14H,6-7,10-12,23H2,1-3H3,(H,24,28)/t14?,20?,21-/m1/s1. The summed E-state index contributed by atoms with van der Waals surface area (Å²) < 4.78 is 9.96. The molecule has 0 heterocycles. The maximum Gasteiger partial charge on any atom is 0.410 e. The molecule has 1 aliphatic rings. The molecule has 1 aromatic carbocycles. The molecule has 9 heteroatoms. The number of esters is 1. The van der Waals surface area contributed by atoms with Crippen LogP contribution in [0.15, 0.2) is 24.3 Å². The summed E-state index contributed by atoms with van der Waals surface area (Å²) in [6.45, 7) is 3.70. The van der Waals surface area contributed by atoms with Crippen molar-refractivity contribution in [3.05, 3.63) is 34.9 Å². The third kappa shape index (κ3) is 5.17. The monoisotopic (exact) mass is 438 g/mol. The van der Waals surface area contributed by atoms with Crippen LogP contribution in [0.1, 0.15) is 52.0 Å². The van der Waals surface area contributed by atoms with Crippen LogP contribution in [0, 0.1) is 0 Å². The minimum atomic E-state index is -1.84. The average molecular weight is 439 g/mol. The van der Waals surface area contributed by atoms with Gasteiger partial charge in [-0.3, -0.25) is 9.59 Å². The molecule has 1 aromatic rings. The SMILES string of the molecule is CC(=O)C(C)(N)C(=O)OC(C)OC(=O)NC[C@@]1(c2ccccc2Cl)CCCCC1=O. The Kier molecular flexibility index (Phi) is 7.60. The predicted molar refractivity (Wildman–Crippen MR) is 110 cm³/mol. The van der Waals surface area contributed by atoms with Crippen molar-refractivity contribution >= 4 is 35.2 Å². The molecule has 0 aromatic heterocycles. The topological polar surface area (TPSA) is 125 Å². The molecule has 0 spiro atoms. The number of hydrogen-bond donors (Lipinski definition) is 2. The van der Waals surface area contributed by atoms with Gasteiger partial charge in [-0.2, -0.15) is 0 Å². The largest absolute Gasteiger partial charge is 0.424 e. The molecule has 0 bridgehead atoms. The van der Waals surface area contributed by atoms with Crippen LogP contribution in [0.4, 0.5) is 4.79 Å². The summed E-state index contributed by atoms with van der Waals surface area (Å²) in [5, 5.41) is 3.04. The van der Waals surface area contributed by atoms with Crippen LogP contribution in [-0.2, 0) is 29.3 Å². The lowest BCUT2D eigenvalue weighted by Gasteiger charge is -2.37. The number of benzene rings is 1. The van der Waals surface area contributed by atoms with Gasteiger partial charge in [-0.05, 0) is 38.3 Å². The fourth-order valence-corrected chi connectivity index (χ4v) is 3.68. The summed E-state index contributed by atoms with van der Waals surface area (Å²) in [6, 6.07) is 7.06. The molecular weight excluding hydrogens is 412 g/mol. The van der Waals surface area contributed by atoms with E-state index in [0.717, 1.165) is 19.8 Å². The Bertz CT molecular complexity index is 841. The van der Waals surface area contributed by atoms with Gasteiger partial charge >= 0.3 is 12.1 Å². The number of alkyl carbamates (subject to hydrolysis) is 1. The highest BCUT2D eigenvalue weighted by atomic mass is 35.5. The van der Waals surface area contributed by atoms with E-state index in [9.17, 15) is 19.2 Å². The van der Waals surface area contributed by atoms with Gasteiger partial charge in [0.15, 0.2) is 11.3 Å². The van der Waals surface area contributed by atoms with Crippen molar-refractivity contribution in [2.75, 3.05) is 6.54 Å². The number of nitrogens with two attached hydrogens (primary N) is 1. The number of rotatable bonds is 7. The molecule has 1 fully saturated rings. The van der Waals surface area contributed by atoms with Gasteiger partial charge in [-0.15, -0.1) is 0 Å². The fourth-order valence-electron chi connectivity index (χ4n) is 3.36. The van der Waals surface area contributed by atoms with E-state index < -0.39 is 35.1 Å². The predicted octanol–water partition coefficient (Wildman–Crippen LogP) is 2.64. The Hall–Kier alpha value is -2.45. The number of Topliss-reactive ketones (excluding diaryl/α,β-unsaturated/α-hetero) is 2. The quantitative estimate of drug-likeness (QED) is 0.380. The number of ketones is 2. The summed E-state index contributed by atoms with van der Waals surface area (Å²) in [5.74, 6) is -1.59. The van der Waals surface area contributed by atoms with Crippen molar-refractivity contribution in [1.82, 2.24) is 5.32 Å². The number of halogens is 1. The molecule has 1 amide bonds.